The fraction of sp³-hybridized carbons (Fsp3) is 0.500. The van der Waals surface area contributed by atoms with E-state index in [4.69, 9.17) is 4.74 Å². The molecule has 0 N–H and O–H groups in total. The molecule has 1 aromatic carbocycles. The maximum Gasteiger partial charge on any atom is 0.128 e. The molecule has 0 aliphatic carbocycles. The van der Waals surface area contributed by atoms with Crippen LogP contribution < -0.4 is 0 Å². The average Bonchev–Trinajstić information content (AvgIpc) is 2.23. The number of ether oxygens (including phenoxy) is 1. The molecule has 90 valence electrons. The van der Waals surface area contributed by atoms with Crippen LogP contribution in [0.5, 0.6) is 0 Å². The normalized spacial score (nSPS) is 11.1. The lowest BCUT2D eigenvalue weighted by Crippen LogP contribution is -2.23. The van der Waals surface area contributed by atoms with Gasteiger partial charge >= 0.3 is 0 Å². The summed E-state index contributed by atoms with van der Waals surface area (Å²) in [5.74, 6) is -0.169. The van der Waals surface area contributed by atoms with E-state index in [0.29, 0.717) is 18.7 Å². The minimum absolute atomic E-state index is 0.169. The van der Waals surface area contributed by atoms with Crippen LogP contribution in [-0.2, 0) is 11.3 Å². The van der Waals surface area contributed by atoms with E-state index >= 15 is 0 Å². The van der Waals surface area contributed by atoms with Crippen molar-refractivity contribution in [3.63, 3.8) is 0 Å². The van der Waals surface area contributed by atoms with Gasteiger partial charge in [0.25, 0.3) is 0 Å². The molecular weight excluding hydrogens is 273 g/mol. The summed E-state index contributed by atoms with van der Waals surface area (Å²) < 4.78 is 19.5. The van der Waals surface area contributed by atoms with Crippen LogP contribution in [0.2, 0.25) is 0 Å². The van der Waals surface area contributed by atoms with Crippen molar-refractivity contribution in [1.82, 2.24) is 4.90 Å². The van der Waals surface area contributed by atoms with Crippen LogP contribution in [0, 0.1) is 5.82 Å². The lowest BCUT2D eigenvalue weighted by Gasteiger charge is -2.16. The van der Waals surface area contributed by atoms with Gasteiger partial charge in [0.15, 0.2) is 0 Å². The Morgan fingerprint density at radius 2 is 2.19 bits per heavy atom. The van der Waals surface area contributed by atoms with Gasteiger partial charge in [-0.1, -0.05) is 22.0 Å². The quantitative estimate of drug-likeness (QED) is 0.747. The molecule has 0 aliphatic heterocycles. The fourth-order valence-corrected chi connectivity index (χ4v) is 1.72. The van der Waals surface area contributed by atoms with E-state index in [1.54, 1.807) is 6.07 Å². The molecule has 0 unspecified atom stereocenters. The zero-order chi connectivity index (χ0) is 12.0. The fourth-order valence-electron chi connectivity index (χ4n) is 1.38. The smallest absolute Gasteiger partial charge is 0.128 e. The van der Waals surface area contributed by atoms with Crippen LogP contribution in [0.1, 0.15) is 12.5 Å². The second-order valence-electron chi connectivity index (χ2n) is 3.67. The molecule has 2 nitrogen and oxygen atoms in total. The third kappa shape index (κ3) is 4.60. The molecule has 1 aromatic rings. The van der Waals surface area contributed by atoms with Crippen LogP contribution in [0.3, 0.4) is 0 Å². The van der Waals surface area contributed by atoms with Crippen LogP contribution in [0.15, 0.2) is 22.7 Å². The van der Waals surface area contributed by atoms with Gasteiger partial charge in [-0.25, -0.2) is 4.39 Å². The van der Waals surface area contributed by atoms with E-state index in [1.807, 2.05) is 24.9 Å². The van der Waals surface area contributed by atoms with Gasteiger partial charge < -0.3 is 4.74 Å². The summed E-state index contributed by atoms with van der Waals surface area (Å²) in [5.41, 5.74) is 0.710. The maximum absolute atomic E-state index is 13.5. The number of likely N-dealkylation sites (N-methyl/N-ethyl adjacent to an activating group) is 1. The second kappa shape index (κ2) is 6.99. The lowest BCUT2D eigenvalue weighted by atomic mass is 10.2. The van der Waals surface area contributed by atoms with Gasteiger partial charge in [-0.05, 0) is 26.1 Å². The highest BCUT2D eigenvalue weighted by atomic mass is 79.9. The zero-order valence-electron chi connectivity index (χ0n) is 9.67. The molecule has 0 radical (unpaired) electrons. The Morgan fingerprint density at radius 3 is 2.81 bits per heavy atom. The highest BCUT2D eigenvalue weighted by Crippen LogP contribution is 2.16. The second-order valence-corrected chi connectivity index (χ2v) is 4.59. The number of hydrogen-bond acceptors (Lipinski definition) is 2. The van der Waals surface area contributed by atoms with E-state index in [2.05, 4.69) is 15.9 Å². The van der Waals surface area contributed by atoms with Crippen molar-refractivity contribution < 1.29 is 9.13 Å². The third-order valence-electron chi connectivity index (χ3n) is 2.28. The Balaban J connectivity index is 2.46. The van der Waals surface area contributed by atoms with Crippen molar-refractivity contribution in [3.05, 3.63) is 34.1 Å². The first-order valence-corrected chi connectivity index (χ1v) is 6.13. The van der Waals surface area contributed by atoms with E-state index in [-0.39, 0.29) is 5.82 Å². The van der Waals surface area contributed by atoms with Crippen LogP contribution in [-0.4, -0.2) is 31.7 Å². The SMILES string of the molecule is CCOCCN(C)Cc1ccc(Br)cc1F. The predicted molar refractivity (Wildman–Crippen MR) is 66.9 cm³/mol. The molecule has 0 atom stereocenters. The molecule has 0 saturated carbocycles. The van der Waals surface area contributed by atoms with Crippen molar-refractivity contribution in [1.29, 1.82) is 0 Å². The Labute approximate surface area is 105 Å². The molecule has 4 heteroatoms. The molecular formula is C12H17BrFNO. The molecule has 0 bridgehead atoms. The molecule has 0 aliphatic rings. The minimum atomic E-state index is -0.169. The van der Waals surface area contributed by atoms with Crippen LogP contribution >= 0.6 is 15.9 Å². The molecule has 16 heavy (non-hydrogen) atoms. The summed E-state index contributed by atoms with van der Waals surface area (Å²) in [4.78, 5) is 2.04. The molecule has 0 aromatic heterocycles. The monoisotopic (exact) mass is 289 g/mol. The van der Waals surface area contributed by atoms with Gasteiger partial charge in [0.1, 0.15) is 5.82 Å². The van der Waals surface area contributed by atoms with E-state index in [0.717, 1.165) is 17.6 Å². The Morgan fingerprint density at radius 1 is 1.44 bits per heavy atom. The first-order valence-electron chi connectivity index (χ1n) is 5.33. The van der Waals surface area contributed by atoms with Crippen LogP contribution in [0.4, 0.5) is 4.39 Å². The van der Waals surface area contributed by atoms with Crippen molar-refractivity contribution in [2.24, 2.45) is 0 Å². The molecule has 0 heterocycles. The summed E-state index contributed by atoms with van der Waals surface area (Å²) in [6.07, 6.45) is 0. The molecule has 0 amide bonds. The first kappa shape index (κ1) is 13.6. The molecule has 1 rings (SSSR count). The number of nitrogens with zero attached hydrogens (tertiary/aromatic N) is 1. The zero-order valence-corrected chi connectivity index (χ0v) is 11.3. The first-order chi connectivity index (χ1) is 7.63. The Bertz CT molecular complexity index is 333. The Kier molecular flexibility index (Phi) is 5.95. The summed E-state index contributed by atoms with van der Waals surface area (Å²) in [5, 5.41) is 0. The highest BCUT2D eigenvalue weighted by Gasteiger charge is 2.05. The van der Waals surface area contributed by atoms with Gasteiger partial charge in [0.2, 0.25) is 0 Å². The van der Waals surface area contributed by atoms with Crippen molar-refractivity contribution in [3.8, 4) is 0 Å². The predicted octanol–water partition coefficient (Wildman–Crippen LogP) is 3.06. The summed E-state index contributed by atoms with van der Waals surface area (Å²) in [7, 11) is 1.96. The van der Waals surface area contributed by atoms with Gasteiger partial charge in [-0.15, -0.1) is 0 Å². The number of rotatable bonds is 6. The van der Waals surface area contributed by atoms with E-state index < -0.39 is 0 Å². The molecule has 0 fully saturated rings. The minimum Gasteiger partial charge on any atom is -0.380 e. The average molecular weight is 290 g/mol. The molecule has 0 saturated heterocycles. The van der Waals surface area contributed by atoms with Crippen molar-refractivity contribution >= 4 is 15.9 Å². The number of hydrogen-bond donors (Lipinski definition) is 0. The van der Waals surface area contributed by atoms with Crippen LogP contribution in [0.25, 0.3) is 0 Å². The van der Waals surface area contributed by atoms with Gasteiger partial charge in [-0.2, -0.15) is 0 Å². The standard InChI is InChI=1S/C12H17BrFNO/c1-3-16-7-6-15(2)9-10-4-5-11(13)8-12(10)14/h4-5,8H,3,6-7,9H2,1-2H3. The van der Waals surface area contributed by atoms with Gasteiger partial charge in [-0.3, -0.25) is 4.90 Å². The summed E-state index contributed by atoms with van der Waals surface area (Å²) >= 11 is 3.24. The number of halogens is 2. The lowest BCUT2D eigenvalue weighted by molar-refractivity contribution is 0.120. The van der Waals surface area contributed by atoms with E-state index in [1.165, 1.54) is 6.07 Å². The Hall–Kier alpha value is -0.450. The topological polar surface area (TPSA) is 12.5 Å². The van der Waals surface area contributed by atoms with E-state index in [9.17, 15) is 4.39 Å². The van der Waals surface area contributed by atoms with Gasteiger partial charge in [0.05, 0.1) is 6.61 Å². The largest absolute Gasteiger partial charge is 0.380 e. The third-order valence-corrected chi connectivity index (χ3v) is 2.77. The highest BCUT2D eigenvalue weighted by molar-refractivity contribution is 9.10. The maximum atomic E-state index is 13.5. The molecule has 0 spiro atoms. The summed E-state index contributed by atoms with van der Waals surface area (Å²) in [6, 6.07) is 5.15. The number of benzene rings is 1. The van der Waals surface area contributed by atoms with Crippen molar-refractivity contribution in [2.75, 3.05) is 26.8 Å². The summed E-state index contributed by atoms with van der Waals surface area (Å²) in [6.45, 7) is 4.79. The van der Waals surface area contributed by atoms with Gasteiger partial charge in [0, 0.05) is 29.7 Å². The van der Waals surface area contributed by atoms with Crippen molar-refractivity contribution in [2.45, 2.75) is 13.5 Å².